The van der Waals surface area contributed by atoms with Crippen LogP contribution in [0, 0.1) is 0 Å². The molecule has 21 heavy (non-hydrogen) atoms. The minimum Gasteiger partial charge on any atom is -0.462 e. The molecule has 5 heteroatoms. The molecular weight excluding hydrogens is 266 g/mol. The molecule has 1 fully saturated rings. The number of nitrogens with two attached hydrogens (primary N) is 1. The van der Waals surface area contributed by atoms with Crippen LogP contribution in [-0.2, 0) is 4.74 Å². The summed E-state index contributed by atoms with van der Waals surface area (Å²) in [5.74, 6) is -0.371. The second-order valence-electron chi connectivity index (χ2n) is 5.85. The number of anilines is 2. The summed E-state index contributed by atoms with van der Waals surface area (Å²) >= 11 is 0. The number of carbonyl (C=O) groups is 1. The number of nitrogens with zero attached hydrogens (tertiary/aromatic N) is 1. The van der Waals surface area contributed by atoms with Gasteiger partial charge in [-0.2, -0.15) is 0 Å². The van der Waals surface area contributed by atoms with Crippen LogP contribution in [0.15, 0.2) is 18.2 Å². The lowest BCUT2D eigenvalue weighted by Crippen LogP contribution is -2.54. The van der Waals surface area contributed by atoms with Crippen molar-refractivity contribution in [1.29, 1.82) is 0 Å². The summed E-state index contributed by atoms with van der Waals surface area (Å²) in [6, 6.07) is 5.42. The first kappa shape index (κ1) is 15.6. The molecular formula is C16H25N3O2. The third-order valence-electron chi connectivity index (χ3n) is 4.40. The van der Waals surface area contributed by atoms with Gasteiger partial charge in [0.2, 0.25) is 0 Å². The number of carbonyl (C=O) groups excluding carboxylic acids is 1. The molecule has 0 radical (unpaired) electrons. The largest absolute Gasteiger partial charge is 0.462 e. The zero-order valence-corrected chi connectivity index (χ0v) is 13.1. The molecule has 0 aromatic heterocycles. The fraction of sp³-hybridized carbons (Fsp3) is 0.562. The SMILES string of the molecule is CCOC(=O)c1cc(NCC2(N(C)C)CCC2)ccc1N. The summed E-state index contributed by atoms with van der Waals surface area (Å²) < 4.78 is 5.02. The second kappa shape index (κ2) is 6.35. The summed E-state index contributed by atoms with van der Waals surface area (Å²) in [7, 11) is 4.24. The van der Waals surface area contributed by atoms with Gasteiger partial charge in [0.1, 0.15) is 0 Å². The molecule has 0 saturated heterocycles. The molecule has 1 aliphatic rings. The molecule has 2 rings (SSSR count). The minimum atomic E-state index is -0.371. The van der Waals surface area contributed by atoms with Gasteiger partial charge < -0.3 is 20.7 Å². The number of esters is 1. The van der Waals surface area contributed by atoms with Gasteiger partial charge in [0.25, 0.3) is 0 Å². The highest BCUT2D eigenvalue weighted by molar-refractivity contribution is 5.96. The van der Waals surface area contributed by atoms with E-state index in [1.54, 1.807) is 19.1 Å². The van der Waals surface area contributed by atoms with Crippen LogP contribution in [0.3, 0.4) is 0 Å². The predicted octanol–water partition coefficient (Wildman–Crippen LogP) is 2.34. The Morgan fingerprint density at radius 3 is 2.67 bits per heavy atom. The van der Waals surface area contributed by atoms with Crippen molar-refractivity contribution in [3.8, 4) is 0 Å². The van der Waals surface area contributed by atoms with Crippen molar-refractivity contribution in [2.45, 2.75) is 31.7 Å². The minimum absolute atomic E-state index is 0.228. The summed E-state index contributed by atoms with van der Waals surface area (Å²) in [6.45, 7) is 3.00. The highest BCUT2D eigenvalue weighted by atomic mass is 16.5. The zero-order chi connectivity index (χ0) is 15.5. The molecule has 1 aromatic rings. The van der Waals surface area contributed by atoms with Crippen LogP contribution >= 0.6 is 0 Å². The molecule has 0 unspecified atom stereocenters. The first-order valence-corrected chi connectivity index (χ1v) is 7.46. The fourth-order valence-corrected chi connectivity index (χ4v) is 2.69. The van der Waals surface area contributed by atoms with E-state index in [4.69, 9.17) is 10.5 Å². The van der Waals surface area contributed by atoms with Crippen molar-refractivity contribution < 1.29 is 9.53 Å². The molecule has 0 aliphatic heterocycles. The van der Waals surface area contributed by atoms with E-state index < -0.39 is 0 Å². The number of nitrogens with one attached hydrogen (secondary N) is 1. The lowest BCUT2D eigenvalue weighted by Gasteiger charge is -2.47. The third kappa shape index (κ3) is 3.29. The zero-order valence-electron chi connectivity index (χ0n) is 13.1. The van der Waals surface area contributed by atoms with Gasteiger partial charge in [-0.05, 0) is 58.5 Å². The van der Waals surface area contributed by atoms with Crippen molar-refractivity contribution in [2.75, 3.05) is 38.3 Å². The maximum absolute atomic E-state index is 11.9. The van der Waals surface area contributed by atoms with Gasteiger partial charge in [0.15, 0.2) is 0 Å². The number of rotatable bonds is 6. The average Bonchev–Trinajstić information content (AvgIpc) is 2.39. The van der Waals surface area contributed by atoms with Gasteiger partial charge in [-0.15, -0.1) is 0 Å². The quantitative estimate of drug-likeness (QED) is 0.622. The Kier molecular flexibility index (Phi) is 4.73. The maximum atomic E-state index is 11.9. The van der Waals surface area contributed by atoms with Crippen LogP contribution in [0.1, 0.15) is 36.5 Å². The van der Waals surface area contributed by atoms with Gasteiger partial charge in [-0.1, -0.05) is 0 Å². The van der Waals surface area contributed by atoms with Crippen LogP contribution in [0.5, 0.6) is 0 Å². The number of ether oxygens (including phenoxy) is 1. The van der Waals surface area contributed by atoms with E-state index in [1.807, 2.05) is 6.07 Å². The number of likely N-dealkylation sites (N-methyl/N-ethyl adjacent to an activating group) is 1. The number of benzene rings is 1. The number of nitrogen functional groups attached to an aromatic ring is 1. The standard InChI is InChI=1S/C16H25N3O2/c1-4-21-15(20)13-10-12(6-7-14(13)17)18-11-16(19(2)3)8-5-9-16/h6-7,10,18H,4-5,8-9,11,17H2,1-3H3. The summed E-state index contributed by atoms with van der Waals surface area (Å²) in [5.41, 5.74) is 7.86. The highest BCUT2D eigenvalue weighted by Crippen LogP contribution is 2.36. The normalized spacial score (nSPS) is 16.4. The van der Waals surface area contributed by atoms with Crippen LogP contribution in [0.25, 0.3) is 0 Å². The van der Waals surface area contributed by atoms with Crippen LogP contribution in [0.4, 0.5) is 11.4 Å². The van der Waals surface area contributed by atoms with E-state index in [-0.39, 0.29) is 11.5 Å². The van der Waals surface area contributed by atoms with Crippen LogP contribution < -0.4 is 11.1 Å². The average molecular weight is 291 g/mol. The smallest absolute Gasteiger partial charge is 0.340 e. The highest BCUT2D eigenvalue weighted by Gasteiger charge is 2.38. The van der Waals surface area contributed by atoms with Gasteiger partial charge >= 0.3 is 5.97 Å². The Morgan fingerprint density at radius 1 is 1.43 bits per heavy atom. The van der Waals surface area contributed by atoms with Crippen LogP contribution in [-0.4, -0.2) is 43.7 Å². The second-order valence-corrected chi connectivity index (χ2v) is 5.85. The van der Waals surface area contributed by atoms with Crippen molar-refractivity contribution in [3.63, 3.8) is 0 Å². The van der Waals surface area contributed by atoms with E-state index >= 15 is 0 Å². The van der Waals surface area contributed by atoms with Gasteiger partial charge in [0, 0.05) is 23.5 Å². The van der Waals surface area contributed by atoms with Gasteiger partial charge in [-0.25, -0.2) is 4.79 Å². The molecule has 0 bridgehead atoms. The Bertz CT molecular complexity index is 510. The lowest BCUT2D eigenvalue weighted by molar-refractivity contribution is 0.0527. The monoisotopic (exact) mass is 291 g/mol. The molecule has 1 aromatic carbocycles. The molecule has 3 N–H and O–H groups in total. The third-order valence-corrected chi connectivity index (χ3v) is 4.40. The van der Waals surface area contributed by atoms with Gasteiger partial charge in [-0.3, -0.25) is 0 Å². The molecule has 0 atom stereocenters. The van der Waals surface area contributed by atoms with E-state index in [0.717, 1.165) is 12.2 Å². The summed E-state index contributed by atoms with van der Waals surface area (Å²) in [6.07, 6.45) is 3.68. The Balaban J connectivity index is 2.07. The lowest BCUT2D eigenvalue weighted by atomic mass is 9.75. The van der Waals surface area contributed by atoms with Crippen molar-refractivity contribution in [3.05, 3.63) is 23.8 Å². The Labute approximate surface area is 126 Å². The summed E-state index contributed by atoms with van der Waals surface area (Å²) in [5, 5.41) is 3.43. The van der Waals surface area contributed by atoms with E-state index in [1.165, 1.54) is 19.3 Å². The molecule has 0 heterocycles. The summed E-state index contributed by atoms with van der Waals surface area (Å²) in [4.78, 5) is 14.1. The van der Waals surface area contributed by atoms with Gasteiger partial charge in [0.05, 0.1) is 12.2 Å². The molecule has 5 nitrogen and oxygen atoms in total. The first-order valence-electron chi connectivity index (χ1n) is 7.46. The Morgan fingerprint density at radius 2 is 2.14 bits per heavy atom. The molecule has 1 saturated carbocycles. The topological polar surface area (TPSA) is 67.6 Å². The number of hydrogen-bond donors (Lipinski definition) is 2. The Hall–Kier alpha value is -1.75. The number of hydrogen-bond acceptors (Lipinski definition) is 5. The maximum Gasteiger partial charge on any atom is 0.340 e. The first-order chi connectivity index (χ1) is 9.98. The van der Waals surface area contributed by atoms with E-state index in [2.05, 4.69) is 24.3 Å². The van der Waals surface area contributed by atoms with Crippen LogP contribution in [0.2, 0.25) is 0 Å². The predicted molar refractivity (Wildman–Crippen MR) is 85.6 cm³/mol. The van der Waals surface area contributed by atoms with Crippen molar-refractivity contribution >= 4 is 17.3 Å². The molecule has 116 valence electrons. The van der Waals surface area contributed by atoms with E-state index in [0.29, 0.717) is 17.9 Å². The van der Waals surface area contributed by atoms with Crippen molar-refractivity contribution in [2.24, 2.45) is 0 Å². The molecule has 0 spiro atoms. The van der Waals surface area contributed by atoms with E-state index in [9.17, 15) is 4.79 Å². The fourth-order valence-electron chi connectivity index (χ4n) is 2.69. The molecule has 1 aliphatic carbocycles. The van der Waals surface area contributed by atoms with Crippen molar-refractivity contribution in [1.82, 2.24) is 4.90 Å². The molecule has 0 amide bonds.